The summed E-state index contributed by atoms with van der Waals surface area (Å²) < 4.78 is 10.4. The van der Waals surface area contributed by atoms with Crippen molar-refractivity contribution in [3.05, 3.63) is 62.7 Å². The maximum Gasteiger partial charge on any atom is 0.270 e. The molecular weight excluding hydrogens is 394 g/mol. The summed E-state index contributed by atoms with van der Waals surface area (Å²) >= 11 is 11.3. The lowest BCUT2D eigenvalue weighted by molar-refractivity contribution is -0.384. The van der Waals surface area contributed by atoms with E-state index in [2.05, 4.69) is 10.6 Å². The van der Waals surface area contributed by atoms with Gasteiger partial charge < -0.3 is 14.8 Å². The number of thiocarbonyl (C=S) groups is 1. The molecule has 0 aliphatic carbocycles. The van der Waals surface area contributed by atoms with Crippen LogP contribution in [0, 0.1) is 10.1 Å². The predicted molar refractivity (Wildman–Crippen MR) is 105 cm³/mol. The van der Waals surface area contributed by atoms with E-state index in [9.17, 15) is 14.9 Å². The molecular formula is C17H16ClN3O5S. The van der Waals surface area contributed by atoms with Crippen molar-refractivity contribution in [3.63, 3.8) is 0 Å². The predicted octanol–water partition coefficient (Wildman–Crippen LogP) is 3.07. The monoisotopic (exact) mass is 409 g/mol. The fourth-order valence-electron chi connectivity index (χ4n) is 2.19. The number of nitrogens with zero attached hydrogens (tertiary/aromatic N) is 1. The summed E-state index contributed by atoms with van der Waals surface area (Å²) in [5, 5.41) is 16.6. The van der Waals surface area contributed by atoms with Crippen molar-refractivity contribution in [2.45, 2.75) is 6.54 Å². The molecule has 2 N–H and O–H groups in total. The Bertz CT molecular complexity index is 891. The van der Waals surface area contributed by atoms with Gasteiger partial charge in [0.2, 0.25) is 0 Å². The van der Waals surface area contributed by atoms with Crippen LogP contribution in [0.1, 0.15) is 15.9 Å². The minimum Gasteiger partial charge on any atom is -0.493 e. The molecule has 10 heteroatoms. The van der Waals surface area contributed by atoms with E-state index in [1.54, 1.807) is 12.1 Å². The molecule has 0 atom stereocenters. The second-order valence-electron chi connectivity index (χ2n) is 5.24. The molecule has 0 spiro atoms. The number of methoxy groups -OCH3 is 2. The lowest BCUT2D eigenvalue weighted by atomic mass is 10.2. The second kappa shape index (κ2) is 9.15. The Morgan fingerprint density at radius 3 is 2.52 bits per heavy atom. The largest absolute Gasteiger partial charge is 0.493 e. The van der Waals surface area contributed by atoms with Gasteiger partial charge >= 0.3 is 0 Å². The van der Waals surface area contributed by atoms with Crippen LogP contribution in [-0.4, -0.2) is 30.2 Å². The minimum atomic E-state index is -0.577. The normalized spacial score (nSPS) is 10.0. The average molecular weight is 410 g/mol. The highest BCUT2D eigenvalue weighted by Gasteiger charge is 2.14. The van der Waals surface area contributed by atoms with Gasteiger partial charge in [-0.05, 0) is 29.9 Å². The van der Waals surface area contributed by atoms with Gasteiger partial charge in [-0.2, -0.15) is 0 Å². The Hall–Kier alpha value is -2.91. The molecule has 0 fully saturated rings. The summed E-state index contributed by atoms with van der Waals surface area (Å²) in [5.41, 5.74) is 0.623. The summed E-state index contributed by atoms with van der Waals surface area (Å²) in [6.07, 6.45) is 0. The molecule has 1 amide bonds. The number of nitro benzene ring substituents is 1. The quantitative estimate of drug-likeness (QED) is 0.429. The van der Waals surface area contributed by atoms with Gasteiger partial charge in [-0.3, -0.25) is 20.2 Å². The van der Waals surface area contributed by atoms with Crippen molar-refractivity contribution in [1.82, 2.24) is 10.6 Å². The van der Waals surface area contributed by atoms with Gasteiger partial charge in [-0.15, -0.1) is 0 Å². The number of halogens is 1. The zero-order valence-electron chi connectivity index (χ0n) is 14.4. The lowest BCUT2D eigenvalue weighted by Crippen LogP contribution is -2.38. The second-order valence-corrected chi connectivity index (χ2v) is 6.06. The topological polar surface area (TPSA) is 103 Å². The van der Waals surface area contributed by atoms with Crippen molar-refractivity contribution in [3.8, 4) is 11.5 Å². The molecule has 0 saturated heterocycles. The number of carbonyl (C=O) groups is 1. The Balaban J connectivity index is 2.01. The summed E-state index contributed by atoms with van der Waals surface area (Å²) in [5.74, 6) is 0.438. The molecule has 2 rings (SSSR count). The number of ether oxygens (including phenoxy) is 2. The molecule has 0 unspecified atom stereocenters. The summed E-state index contributed by atoms with van der Waals surface area (Å²) in [6, 6.07) is 8.65. The number of amides is 1. The number of nitrogens with one attached hydrogen (secondary N) is 2. The molecule has 8 nitrogen and oxygen atoms in total. The lowest BCUT2D eigenvalue weighted by Gasteiger charge is -2.13. The van der Waals surface area contributed by atoms with E-state index in [1.165, 1.54) is 38.5 Å². The van der Waals surface area contributed by atoms with Gasteiger partial charge in [-0.25, -0.2) is 0 Å². The molecule has 0 aliphatic heterocycles. The van der Waals surface area contributed by atoms with Gasteiger partial charge in [0.05, 0.1) is 19.1 Å². The van der Waals surface area contributed by atoms with Gasteiger partial charge in [0.25, 0.3) is 11.6 Å². The van der Waals surface area contributed by atoms with Crippen LogP contribution in [0.3, 0.4) is 0 Å². The van der Waals surface area contributed by atoms with E-state index < -0.39 is 10.8 Å². The van der Waals surface area contributed by atoms with E-state index in [-0.39, 0.29) is 22.9 Å². The van der Waals surface area contributed by atoms with Gasteiger partial charge in [0, 0.05) is 35.3 Å². The highest BCUT2D eigenvalue weighted by atomic mass is 35.5. The third-order valence-electron chi connectivity index (χ3n) is 3.54. The SMILES string of the molecule is COc1cc(Cl)c(CNC(=S)NC(=O)c2cccc([N+](=O)[O-])c2)cc1OC. The van der Waals surface area contributed by atoms with Gasteiger partial charge in [0.15, 0.2) is 16.6 Å². The zero-order valence-corrected chi connectivity index (χ0v) is 16.0. The first-order chi connectivity index (χ1) is 12.8. The Kier molecular flexibility index (Phi) is 6.91. The highest BCUT2D eigenvalue weighted by molar-refractivity contribution is 7.80. The molecule has 142 valence electrons. The smallest absolute Gasteiger partial charge is 0.270 e. The average Bonchev–Trinajstić information content (AvgIpc) is 2.66. The maximum absolute atomic E-state index is 12.2. The van der Waals surface area contributed by atoms with Crippen molar-refractivity contribution in [2.24, 2.45) is 0 Å². The number of hydrogen-bond acceptors (Lipinski definition) is 6. The van der Waals surface area contributed by atoms with E-state index in [4.69, 9.17) is 33.3 Å². The number of benzene rings is 2. The minimum absolute atomic E-state index is 0.0531. The molecule has 0 radical (unpaired) electrons. The Morgan fingerprint density at radius 2 is 1.89 bits per heavy atom. The van der Waals surface area contributed by atoms with Crippen LogP contribution in [-0.2, 0) is 6.54 Å². The molecule has 0 bridgehead atoms. The molecule has 2 aromatic carbocycles. The van der Waals surface area contributed by atoms with E-state index in [0.717, 1.165) is 0 Å². The van der Waals surface area contributed by atoms with E-state index in [0.29, 0.717) is 22.1 Å². The van der Waals surface area contributed by atoms with Crippen molar-refractivity contribution in [1.29, 1.82) is 0 Å². The number of rotatable bonds is 6. The number of non-ortho nitro benzene ring substituents is 1. The first kappa shape index (κ1) is 20.4. The summed E-state index contributed by atoms with van der Waals surface area (Å²) in [7, 11) is 3.01. The van der Waals surface area contributed by atoms with Gasteiger partial charge in [0.1, 0.15) is 0 Å². The van der Waals surface area contributed by atoms with E-state index in [1.807, 2.05) is 0 Å². The van der Waals surface area contributed by atoms with Crippen molar-refractivity contribution < 1.29 is 19.2 Å². The summed E-state index contributed by atoms with van der Waals surface area (Å²) in [4.78, 5) is 22.4. The standard InChI is InChI=1S/C17H16ClN3O5S/c1-25-14-7-11(13(18)8-15(14)26-2)9-19-17(27)20-16(22)10-4-3-5-12(6-10)21(23)24/h3-8H,9H2,1-2H3,(H2,19,20,22,27). The maximum atomic E-state index is 12.2. The Labute approximate surface area is 165 Å². The van der Waals surface area contributed by atoms with Crippen molar-refractivity contribution >= 4 is 40.5 Å². The van der Waals surface area contributed by atoms with E-state index >= 15 is 0 Å². The van der Waals surface area contributed by atoms with Crippen LogP contribution in [0.15, 0.2) is 36.4 Å². The molecule has 0 heterocycles. The highest BCUT2D eigenvalue weighted by Crippen LogP contribution is 2.32. The third-order valence-corrected chi connectivity index (χ3v) is 4.14. The fraction of sp³-hybridized carbons (Fsp3) is 0.176. The zero-order chi connectivity index (χ0) is 20.0. The van der Waals surface area contributed by atoms with Crippen LogP contribution in [0.25, 0.3) is 0 Å². The number of carbonyl (C=O) groups excluding carboxylic acids is 1. The van der Waals surface area contributed by atoms with Gasteiger partial charge in [-0.1, -0.05) is 17.7 Å². The molecule has 0 aromatic heterocycles. The third kappa shape index (κ3) is 5.28. The number of nitro groups is 1. The van der Waals surface area contributed by atoms with Crippen LogP contribution in [0.4, 0.5) is 5.69 Å². The first-order valence-electron chi connectivity index (χ1n) is 7.59. The molecule has 0 aliphatic rings. The molecule has 2 aromatic rings. The van der Waals surface area contributed by atoms with Crippen LogP contribution >= 0.6 is 23.8 Å². The van der Waals surface area contributed by atoms with Crippen molar-refractivity contribution in [2.75, 3.05) is 14.2 Å². The van der Waals surface area contributed by atoms with Crippen LogP contribution in [0.5, 0.6) is 11.5 Å². The Morgan fingerprint density at radius 1 is 1.22 bits per heavy atom. The van der Waals surface area contributed by atoms with Crippen LogP contribution < -0.4 is 20.1 Å². The first-order valence-corrected chi connectivity index (χ1v) is 8.38. The molecule has 27 heavy (non-hydrogen) atoms. The fourth-order valence-corrected chi connectivity index (χ4v) is 2.57. The van der Waals surface area contributed by atoms with Crippen LogP contribution in [0.2, 0.25) is 5.02 Å². The number of hydrogen-bond donors (Lipinski definition) is 2. The summed E-state index contributed by atoms with van der Waals surface area (Å²) in [6.45, 7) is 0.229. The molecule has 0 saturated carbocycles.